The first-order valence-corrected chi connectivity index (χ1v) is 7.87. The summed E-state index contributed by atoms with van der Waals surface area (Å²) < 4.78 is 0. The van der Waals surface area contributed by atoms with Gasteiger partial charge in [-0.25, -0.2) is 0 Å². The maximum absolute atomic E-state index is 12.2. The topological polar surface area (TPSA) is 56.1 Å². The molecule has 0 unspecified atom stereocenters. The lowest BCUT2D eigenvalue weighted by Crippen LogP contribution is -2.18. The van der Waals surface area contributed by atoms with Crippen LogP contribution in [0.5, 0.6) is 0 Å². The Labute approximate surface area is 150 Å². The Bertz CT molecular complexity index is 798. The van der Waals surface area contributed by atoms with Crippen LogP contribution in [0.2, 0.25) is 10.0 Å². The molecule has 0 atom stereocenters. The van der Waals surface area contributed by atoms with Crippen LogP contribution in [0, 0.1) is 11.3 Å². The first-order chi connectivity index (χ1) is 11.5. The SMILES string of the molecule is CN(/C=C(/C#N)C(=O)Nc1ccc(Cl)cc1Cl)Cc1ccccc1. The molecular formula is C18H15Cl2N3O. The van der Waals surface area contributed by atoms with Gasteiger partial charge in [0, 0.05) is 24.8 Å². The van der Waals surface area contributed by atoms with E-state index < -0.39 is 5.91 Å². The fourth-order valence-corrected chi connectivity index (χ4v) is 2.51. The first-order valence-electron chi connectivity index (χ1n) is 7.12. The molecule has 4 nitrogen and oxygen atoms in total. The predicted molar refractivity (Wildman–Crippen MR) is 96.7 cm³/mol. The number of nitriles is 1. The van der Waals surface area contributed by atoms with Gasteiger partial charge in [-0.05, 0) is 23.8 Å². The summed E-state index contributed by atoms with van der Waals surface area (Å²) >= 11 is 11.8. The molecule has 122 valence electrons. The molecule has 0 aliphatic rings. The Morgan fingerprint density at radius 2 is 1.96 bits per heavy atom. The average molecular weight is 360 g/mol. The zero-order chi connectivity index (χ0) is 17.5. The second-order valence-electron chi connectivity index (χ2n) is 5.13. The van der Waals surface area contributed by atoms with Crippen molar-refractivity contribution in [1.29, 1.82) is 5.26 Å². The molecule has 2 rings (SSSR count). The summed E-state index contributed by atoms with van der Waals surface area (Å²) in [6.45, 7) is 0.584. The fraction of sp³-hybridized carbons (Fsp3) is 0.111. The van der Waals surface area contributed by atoms with Gasteiger partial charge in [0.1, 0.15) is 11.6 Å². The van der Waals surface area contributed by atoms with E-state index in [2.05, 4.69) is 5.32 Å². The van der Waals surface area contributed by atoms with Gasteiger partial charge in [0.25, 0.3) is 5.91 Å². The Kier molecular flexibility index (Phi) is 6.25. The molecule has 0 aromatic heterocycles. The zero-order valence-corrected chi connectivity index (χ0v) is 14.5. The minimum Gasteiger partial charge on any atom is -0.375 e. The number of carbonyl (C=O) groups excluding carboxylic acids is 1. The third kappa shape index (κ3) is 5.02. The Morgan fingerprint density at radius 1 is 1.25 bits per heavy atom. The number of benzene rings is 2. The van der Waals surface area contributed by atoms with Gasteiger partial charge in [-0.1, -0.05) is 53.5 Å². The molecule has 0 saturated carbocycles. The van der Waals surface area contributed by atoms with Crippen LogP contribution in [-0.4, -0.2) is 17.9 Å². The average Bonchev–Trinajstić information content (AvgIpc) is 2.56. The predicted octanol–water partition coefficient (Wildman–Crippen LogP) is 4.47. The third-order valence-electron chi connectivity index (χ3n) is 3.17. The highest BCUT2D eigenvalue weighted by Crippen LogP contribution is 2.25. The Morgan fingerprint density at radius 3 is 2.58 bits per heavy atom. The highest BCUT2D eigenvalue weighted by atomic mass is 35.5. The van der Waals surface area contributed by atoms with E-state index >= 15 is 0 Å². The maximum Gasteiger partial charge on any atom is 0.267 e. The van der Waals surface area contributed by atoms with Crippen LogP contribution in [0.4, 0.5) is 5.69 Å². The summed E-state index contributed by atoms with van der Waals surface area (Å²) in [5, 5.41) is 12.6. The van der Waals surface area contributed by atoms with Crippen LogP contribution in [-0.2, 0) is 11.3 Å². The highest BCUT2D eigenvalue weighted by molar-refractivity contribution is 6.36. The number of nitrogens with one attached hydrogen (secondary N) is 1. The van der Waals surface area contributed by atoms with Crippen LogP contribution in [0.15, 0.2) is 60.3 Å². The van der Waals surface area contributed by atoms with Crippen molar-refractivity contribution in [1.82, 2.24) is 4.90 Å². The second kappa shape index (κ2) is 8.39. The normalized spacial score (nSPS) is 10.8. The molecule has 0 heterocycles. The first kappa shape index (κ1) is 17.9. The van der Waals surface area contributed by atoms with Crippen LogP contribution < -0.4 is 5.32 Å². The molecular weight excluding hydrogens is 345 g/mol. The van der Waals surface area contributed by atoms with E-state index in [9.17, 15) is 10.1 Å². The molecule has 0 saturated heterocycles. The molecule has 0 bridgehead atoms. The molecule has 24 heavy (non-hydrogen) atoms. The molecule has 0 aliphatic heterocycles. The molecule has 0 fully saturated rings. The summed E-state index contributed by atoms with van der Waals surface area (Å²) in [4.78, 5) is 14.0. The Hall–Kier alpha value is -2.48. The van der Waals surface area contributed by atoms with Gasteiger partial charge in [0.05, 0.1) is 10.7 Å². The van der Waals surface area contributed by atoms with Crippen LogP contribution >= 0.6 is 23.2 Å². The van der Waals surface area contributed by atoms with E-state index in [-0.39, 0.29) is 5.57 Å². The van der Waals surface area contributed by atoms with Crippen molar-refractivity contribution in [3.63, 3.8) is 0 Å². The van der Waals surface area contributed by atoms with Crippen LogP contribution in [0.25, 0.3) is 0 Å². The minimum atomic E-state index is -0.526. The van der Waals surface area contributed by atoms with Crippen molar-refractivity contribution in [2.24, 2.45) is 0 Å². The number of hydrogen-bond donors (Lipinski definition) is 1. The number of rotatable bonds is 5. The summed E-state index contributed by atoms with van der Waals surface area (Å²) in [5.41, 5.74) is 1.46. The molecule has 6 heteroatoms. The smallest absolute Gasteiger partial charge is 0.267 e. The van der Waals surface area contributed by atoms with Crippen LogP contribution in [0.3, 0.4) is 0 Å². The van der Waals surface area contributed by atoms with Crippen molar-refractivity contribution in [3.05, 3.63) is 75.9 Å². The summed E-state index contributed by atoms with van der Waals surface area (Å²) in [6.07, 6.45) is 1.51. The van der Waals surface area contributed by atoms with Gasteiger partial charge in [0.15, 0.2) is 0 Å². The Balaban J connectivity index is 2.09. The number of amides is 1. The van der Waals surface area contributed by atoms with Gasteiger partial charge in [0.2, 0.25) is 0 Å². The van der Waals surface area contributed by atoms with Crippen molar-refractivity contribution < 1.29 is 4.79 Å². The summed E-state index contributed by atoms with van der Waals surface area (Å²) in [5.74, 6) is -0.526. The summed E-state index contributed by atoms with van der Waals surface area (Å²) in [7, 11) is 1.80. The number of nitrogens with zero attached hydrogens (tertiary/aromatic N) is 2. The van der Waals surface area contributed by atoms with E-state index in [1.54, 1.807) is 24.1 Å². The second-order valence-corrected chi connectivity index (χ2v) is 5.98. The molecule has 1 amide bonds. The number of hydrogen-bond acceptors (Lipinski definition) is 3. The lowest BCUT2D eigenvalue weighted by atomic mass is 10.2. The van der Waals surface area contributed by atoms with Crippen molar-refractivity contribution >= 4 is 34.8 Å². The zero-order valence-electron chi connectivity index (χ0n) is 13.0. The van der Waals surface area contributed by atoms with Gasteiger partial charge < -0.3 is 10.2 Å². The fourth-order valence-electron chi connectivity index (χ4n) is 2.06. The monoisotopic (exact) mass is 359 g/mol. The molecule has 1 N–H and O–H groups in total. The number of carbonyl (C=O) groups is 1. The largest absolute Gasteiger partial charge is 0.375 e. The highest BCUT2D eigenvalue weighted by Gasteiger charge is 2.12. The van der Waals surface area contributed by atoms with E-state index in [0.717, 1.165) is 5.56 Å². The van der Waals surface area contributed by atoms with Crippen molar-refractivity contribution in [2.75, 3.05) is 12.4 Å². The van der Waals surface area contributed by atoms with Gasteiger partial charge in [-0.15, -0.1) is 0 Å². The van der Waals surface area contributed by atoms with E-state index in [4.69, 9.17) is 23.2 Å². The summed E-state index contributed by atoms with van der Waals surface area (Å²) in [6, 6.07) is 16.4. The molecule has 2 aromatic carbocycles. The van der Waals surface area contributed by atoms with Crippen molar-refractivity contribution in [3.8, 4) is 6.07 Å². The minimum absolute atomic E-state index is 0.0144. The van der Waals surface area contributed by atoms with Crippen LogP contribution in [0.1, 0.15) is 5.56 Å². The number of halogens is 2. The van der Waals surface area contributed by atoms with Gasteiger partial charge >= 0.3 is 0 Å². The van der Waals surface area contributed by atoms with E-state index in [1.165, 1.54) is 12.3 Å². The third-order valence-corrected chi connectivity index (χ3v) is 3.72. The van der Waals surface area contributed by atoms with E-state index in [1.807, 2.05) is 36.4 Å². The maximum atomic E-state index is 12.2. The van der Waals surface area contributed by atoms with Gasteiger partial charge in [-0.3, -0.25) is 4.79 Å². The molecule has 2 aromatic rings. The molecule has 0 radical (unpaired) electrons. The lowest BCUT2D eigenvalue weighted by Gasteiger charge is -2.15. The quantitative estimate of drug-likeness (QED) is 0.632. The van der Waals surface area contributed by atoms with Crippen molar-refractivity contribution in [2.45, 2.75) is 6.54 Å². The lowest BCUT2D eigenvalue weighted by molar-refractivity contribution is -0.112. The molecule has 0 aliphatic carbocycles. The van der Waals surface area contributed by atoms with Gasteiger partial charge in [-0.2, -0.15) is 5.26 Å². The molecule has 0 spiro atoms. The number of anilines is 1. The van der Waals surface area contributed by atoms with E-state index in [0.29, 0.717) is 22.3 Å². The standard InChI is InChI=1S/C18H15Cl2N3O/c1-23(11-13-5-3-2-4-6-13)12-14(10-21)18(24)22-17-8-7-15(19)9-16(17)20/h2-9,12H,11H2,1H3,(H,22,24)/b14-12-.